The predicted molar refractivity (Wildman–Crippen MR) is 89.4 cm³/mol. The highest BCUT2D eigenvalue weighted by molar-refractivity contribution is 5.78. The zero-order chi connectivity index (χ0) is 16.4. The maximum Gasteiger partial charge on any atom is 0.222 e. The molecule has 1 aromatic carbocycles. The molecule has 0 aliphatic carbocycles. The molecule has 22 heavy (non-hydrogen) atoms. The van der Waals surface area contributed by atoms with E-state index in [0.29, 0.717) is 19.5 Å². The van der Waals surface area contributed by atoms with Crippen molar-refractivity contribution >= 4 is 11.8 Å². The second-order valence-electron chi connectivity index (χ2n) is 5.67. The molecule has 0 heterocycles. The molecule has 0 unspecified atom stereocenters. The molecule has 4 heteroatoms. The third kappa shape index (κ3) is 6.74. The van der Waals surface area contributed by atoms with Gasteiger partial charge in [-0.3, -0.25) is 9.59 Å². The fourth-order valence-electron chi connectivity index (χ4n) is 2.31. The van der Waals surface area contributed by atoms with Gasteiger partial charge in [0.2, 0.25) is 11.8 Å². The first-order chi connectivity index (χ1) is 10.5. The Balaban J connectivity index is 2.34. The number of nitrogens with zero attached hydrogens (tertiary/aromatic N) is 1. The van der Waals surface area contributed by atoms with Crippen molar-refractivity contribution in [2.24, 2.45) is 0 Å². The zero-order valence-corrected chi connectivity index (χ0v) is 14.0. The Kier molecular flexibility index (Phi) is 8.26. The summed E-state index contributed by atoms with van der Waals surface area (Å²) in [5, 5.41) is 2.92. The van der Waals surface area contributed by atoms with Crippen LogP contribution < -0.4 is 5.32 Å². The Morgan fingerprint density at radius 2 is 1.86 bits per heavy atom. The van der Waals surface area contributed by atoms with Crippen LogP contribution in [-0.2, 0) is 16.1 Å². The molecule has 1 rings (SSSR count). The molecule has 0 aromatic heterocycles. The summed E-state index contributed by atoms with van der Waals surface area (Å²) in [6.45, 7) is 7.52. The molecule has 1 N–H and O–H groups in total. The number of nitrogens with one attached hydrogen (secondary N) is 1. The average Bonchev–Trinajstić information content (AvgIpc) is 2.49. The van der Waals surface area contributed by atoms with E-state index in [1.807, 2.05) is 31.2 Å². The van der Waals surface area contributed by atoms with Crippen molar-refractivity contribution in [3.05, 3.63) is 35.4 Å². The Morgan fingerprint density at radius 1 is 1.14 bits per heavy atom. The zero-order valence-electron chi connectivity index (χ0n) is 14.0. The van der Waals surface area contributed by atoms with Gasteiger partial charge in [-0.15, -0.1) is 0 Å². The third-order valence-corrected chi connectivity index (χ3v) is 3.82. The third-order valence-electron chi connectivity index (χ3n) is 3.82. The highest BCUT2D eigenvalue weighted by atomic mass is 16.2. The fourth-order valence-corrected chi connectivity index (χ4v) is 2.31. The van der Waals surface area contributed by atoms with E-state index >= 15 is 0 Å². The normalized spacial score (nSPS) is 10.3. The van der Waals surface area contributed by atoms with Crippen LogP contribution in [0.25, 0.3) is 0 Å². The molecule has 0 aliphatic rings. The summed E-state index contributed by atoms with van der Waals surface area (Å²) in [7, 11) is 0. The van der Waals surface area contributed by atoms with Crippen LogP contribution in [0.15, 0.2) is 24.3 Å². The first kappa shape index (κ1) is 18.2. The van der Waals surface area contributed by atoms with Gasteiger partial charge >= 0.3 is 0 Å². The van der Waals surface area contributed by atoms with Gasteiger partial charge in [-0.1, -0.05) is 44.0 Å². The molecule has 0 fully saturated rings. The molecule has 122 valence electrons. The monoisotopic (exact) mass is 304 g/mol. The summed E-state index contributed by atoms with van der Waals surface area (Å²) < 4.78 is 0. The van der Waals surface area contributed by atoms with E-state index in [1.54, 1.807) is 11.8 Å². The van der Waals surface area contributed by atoms with Gasteiger partial charge < -0.3 is 10.2 Å². The van der Waals surface area contributed by atoms with Gasteiger partial charge in [0, 0.05) is 33.0 Å². The van der Waals surface area contributed by atoms with E-state index in [2.05, 4.69) is 12.2 Å². The molecule has 0 saturated carbocycles. The van der Waals surface area contributed by atoms with Crippen LogP contribution >= 0.6 is 0 Å². The Hall–Kier alpha value is -1.84. The maximum absolute atomic E-state index is 11.9. The van der Waals surface area contributed by atoms with Gasteiger partial charge in [-0.05, 0) is 24.5 Å². The number of carbonyl (C=O) groups excluding carboxylic acids is 2. The number of hydrogen-bond acceptors (Lipinski definition) is 2. The van der Waals surface area contributed by atoms with Crippen molar-refractivity contribution in [1.82, 2.24) is 10.2 Å². The lowest BCUT2D eigenvalue weighted by molar-refractivity contribution is -0.129. The lowest BCUT2D eigenvalue weighted by atomic mass is 10.1. The molecule has 0 atom stereocenters. The van der Waals surface area contributed by atoms with Crippen LogP contribution in [0.3, 0.4) is 0 Å². The summed E-state index contributed by atoms with van der Waals surface area (Å²) in [5.74, 6) is 0.0350. The topological polar surface area (TPSA) is 49.4 Å². The van der Waals surface area contributed by atoms with E-state index < -0.39 is 0 Å². The maximum atomic E-state index is 11.9. The molecule has 0 spiro atoms. The SMILES string of the molecule is CCCCCN(CCC(=O)NCc1ccccc1C)C(C)=O. The molecule has 0 aliphatic heterocycles. The summed E-state index contributed by atoms with van der Waals surface area (Å²) in [6.07, 6.45) is 3.60. The highest BCUT2D eigenvalue weighted by Gasteiger charge is 2.10. The number of unbranched alkanes of at least 4 members (excludes halogenated alkanes) is 2. The van der Waals surface area contributed by atoms with E-state index in [0.717, 1.165) is 31.4 Å². The quantitative estimate of drug-likeness (QED) is 0.713. The van der Waals surface area contributed by atoms with E-state index in [1.165, 1.54) is 5.56 Å². The average molecular weight is 304 g/mol. The fraction of sp³-hybridized carbons (Fsp3) is 0.556. The van der Waals surface area contributed by atoms with Crippen LogP contribution in [0.1, 0.15) is 50.7 Å². The predicted octanol–water partition coefficient (Wildman–Crippen LogP) is 3.04. The minimum atomic E-state index is -0.00926. The van der Waals surface area contributed by atoms with Gasteiger partial charge in [0.1, 0.15) is 0 Å². The van der Waals surface area contributed by atoms with E-state index in [4.69, 9.17) is 0 Å². The molecule has 2 amide bonds. The number of hydrogen-bond donors (Lipinski definition) is 1. The number of benzene rings is 1. The van der Waals surface area contributed by atoms with E-state index in [-0.39, 0.29) is 11.8 Å². The van der Waals surface area contributed by atoms with Crippen LogP contribution in [0.5, 0.6) is 0 Å². The smallest absolute Gasteiger partial charge is 0.222 e. The van der Waals surface area contributed by atoms with E-state index in [9.17, 15) is 9.59 Å². The first-order valence-corrected chi connectivity index (χ1v) is 8.11. The summed E-state index contributed by atoms with van der Waals surface area (Å²) in [6, 6.07) is 8.01. The van der Waals surface area contributed by atoms with Gasteiger partial charge in [-0.25, -0.2) is 0 Å². The molecular weight excluding hydrogens is 276 g/mol. The van der Waals surface area contributed by atoms with Crippen LogP contribution in [-0.4, -0.2) is 29.8 Å². The Bertz CT molecular complexity index is 486. The summed E-state index contributed by atoms with van der Waals surface area (Å²) in [5.41, 5.74) is 2.30. The van der Waals surface area contributed by atoms with Crippen LogP contribution in [0.2, 0.25) is 0 Å². The highest BCUT2D eigenvalue weighted by Crippen LogP contribution is 2.06. The number of rotatable bonds is 9. The molecule has 0 saturated heterocycles. The van der Waals surface area contributed by atoms with Crippen molar-refractivity contribution in [3.63, 3.8) is 0 Å². The van der Waals surface area contributed by atoms with Crippen LogP contribution in [0, 0.1) is 6.92 Å². The van der Waals surface area contributed by atoms with Crippen molar-refractivity contribution in [2.45, 2.75) is 53.0 Å². The second-order valence-corrected chi connectivity index (χ2v) is 5.67. The molecule has 4 nitrogen and oxygen atoms in total. The molecule has 0 radical (unpaired) electrons. The lowest BCUT2D eigenvalue weighted by Crippen LogP contribution is -2.34. The largest absolute Gasteiger partial charge is 0.352 e. The van der Waals surface area contributed by atoms with Gasteiger partial charge in [0.15, 0.2) is 0 Å². The second kappa shape index (κ2) is 9.98. The summed E-state index contributed by atoms with van der Waals surface area (Å²) >= 11 is 0. The first-order valence-electron chi connectivity index (χ1n) is 8.11. The van der Waals surface area contributed by atoms with Crippen LogP contribution in [0.4, 0.5) is 0 Å². The van der Waals surface area contributed by atoms with Crippen molar-refractivity contribution in [2.75, 3.05) is 13.1 Å². The van der Waals surface area contributed by atoms with Crippen molar-refractivity contribution in [3.8, 4) is 0 Å². The van der Waals surface area contributed by atoms with Gasteiger partial charge in [0.05, 0.1) is 0 Å². The minimum Gasteiger partial charge on any atom is -0.352 e. The lowest BCUT2D eigenvalue weighted by Gasteiger charge is -2.20. The number of aryl methyl sites for hydroxylation is 1. The Labute approximate surface area is 133 Å². The standard InChI is InChI=1S/C18H28N2O2/c1-4-5-8-12-20(16(3)21)13-11-18(22)19-14-17-10-7-6-9-15(17)2/h6-7,9-10H,4-5,8,11-14H2,1-3H3,(H,19,22). The minimum absolute atomic E-state index is 0.00926. The molecule has 0 bridgehead atoms. The molecule has 1 aromatic rings. The van der Waals surface area contributed by atoms with Gasteiger partial charge in [0.25, 0.3) is 0 Å². The Morgan fingerprint density at radius 3 is 2.50 bits per heavy atom. The number of amides is 2. The van der Waals surface area contributed by atoms with Crippen molar-refractivity contribution in [1.29, 1.82) is 0 Å². The van der Waals surface area contributed by atoms with Crippen molar-refractivity contribution < 1.29 is 9.59 Å². The van der Waals surface area contributed by atoms with Gasteiger partial charge in [-0.2, -0.15) is 0 Å². The summed E-state index contributed by atoms with van der Waals surface area (Å²) in [4.78, 5) is 25.3. The molecular formula is C18H28N2O2. The number of carbonyl (C=O) groups is 2.